The third kappa shape index (κ3) is 4.78. The predicted molar refractivity (Wildman–Crippen MR) is 108 cm³/mol. The summed E-state index contributed by atoms with van der Waals surface area (Å²) in [5, 5.41) is 10.9. The van der Waals surface area contributed by atoms with Crippen molar-refractivity contribution in [2.24, 2.45) is 4.99 Å². The second-order valence-electron chi connectivity index (χ2n) is 6.73. The largest absolute Gasteiger partial charge is 0.361 e. The van der Waals surface area contributed by atoms with Gasteiger partial charge in [-0.3, -0.25) is 4.99 Å². The highest BCUT2D eigenvalue weighted by Gasteiger charge is 2.15. The fourth-order valence-corrected chi connectivity index (χ4v) is 3.41. The van der Waals surface area contributed by atoms with Gasteiger partial charge in [-0.15, -0.1) is 0 Å². The van der Waals surface area contributed by atoms with Crippen molar-refractivity contribution in [3.63, 3.8) is 0 Å². The first-order valence-corrected chi connectivity index (χ1v) is 9.85. The van der Waals surface area contributed by atoms with E-state index in [1.54, 1.807) is 7.05 Å². The third-order valence-corrected chi connectivity index (χ3v) is 4.96. The van der Waals surface area contributed by atoms with Crippen molar-refractivity contribution in [2.75, 3.05) is 25.0 Å². The molecule has 2 aromatic rings. The van der Waals surface area contributed by atoms with Crippen LogP contribution in [0.4, 0.5) is 5.82 Å². The van der Waals surface area contributed by atoms with E-state index in [0.717, 1.165) is 54.7 Å². The molecule has 1 aliphatic rings. The minimum atomic E-state index is 0.658. The van der Waals surface area contributed by atoms with Crippen molar-refractivity contribution in [1.82, 2.24) is 20.8 Å². The van der Waals surface area contributed by atoms with Gasteiger partial charge < -0.3 is 20.1 Å². The number of rotatable bonds is 7. The first-order valence-electron chi connectivity index (χ1n) is 9.85. The Hall–Kier alpha value is -2.57. The molecule has 2 aromatic heterocycles. The molecule has 0 radical (unpaired) electrons. The summed E-state index contributed by atoms with van der Waals surface area (Å²) in [5.74, 6) is 2.78. The lowest BCUT2D eigenvalue weighted by Gasteiger charge is -2.17. The van der Waals surface area contributed by atoms with Crippen molar-refractivity contribution < 1.29 is 4.52 Å². The van der Waals surface area contributed by atoms with Gasteiger partial charge in [-0.1, -0.05) is 19.0 Å². The number of pyridine rings is 1. The summed E-state index contributed by atoms with van der Waals surface area (Å²) in [6, 6.07) is 4.21. The van der Waals surface area contributed by atoms with Crippen LogP contribution in [0.3, 0.4) is 0 Å². The minimum Gasteiger partial charge on any atom is -0.361 e. The Labute approximate surface area is 161 Å². The number of hydrogen-bond acceptors (Lipinski definition) is 5. The maximum Gasteiger partial charge on any atom is 0.191 e. The van der Waals surface area contributed by atoms with Crippen LogP contribution < -0.4 is 15.5 Å². The molecule has 0 aliphatic carbocycles. The monoisotopic (exact) mass is 370 g/mol. The van der Waals surface area contributed by atoms with Gasteiger partial charge in [0, 0.05) is 51.4 Å². The summed E-state index contributed by atoms with van der Waals surface area (Å²) in [6.07, 6.45) is 6.10. The molecule has 1 saturated heterocycles. The fraction of sp³-hybridized carbons (Fsp3) is 0.550. The Morgan fingerprint density at radius 3 is 2.67 bits per heavy atom. The van der Waals surface area contributed by atoms with Gasteiger partial charge in [-0.25, -0.2) is 4.98 Å². The molecule has 0 amide bonds. The molecule has 0 aromatic carbocycles. The summed E-state index contributed by atoms with van der Waals surface area (Å²) in [4.78, 5) is 11.2. The number of aryl methyl sites for hydroxylation is 2. The standard InChI is InChI=1S/C20H30N6O/c1-4-17-16(18(5-2)27-25-17)14-24-20(21-3)23-13-15-8-9-22-19(12-15)26-10-6-7-11-26/h8-9,12H,4-7,10-11,13-14H2,1-3H3,(H2,21,23,24). The third-order valence-electron chi connectivity index (χ3n) is 4.96. The van der Waals surface area contributed by atoms with Crippen LogP contribution >= 0.6 is 0 Å². The van der Waals surface area contributed by atoms with Crippen LogP contribution in [-0.2, 0) is 25.9 Å². The number of nitrogens with one attached hydrogen (secondary N) is 2. The van der Waals surface area contributed by atoms with E-state index >= 15 is 0 Å². The average Bonchev–Trinajstić information content (AvgIpc) is 3.38. The lowest BCUT2D eigenvalue weighted by Crippen LogP contribution is -2.36. The molecule has 7 heteroatoms. The van der Waals surface area contributed by atoms with Gasteiger partial charge in [0.25, 0.3) is 0 Å². The number of anilines is 1. The zero-order valence-corrected chi connectivity index (χ0v) is 16.6. The summed E-state index contributed by atoms with van der Waals surface area (Å²) >= 11 is 0. The van der Waals surface area contributed by atoms with Gasteiger partial charge in [-0.05, 0) is 37.0 Å². The molecular weight excluding hydrogens is 340 g/mol. The van der Waals surface area contributed by atoms with E-state index in [4.69, 9.17) is 4.52 Å². The van der Waals surface area contributed by atoms with Crippen LogP contribution in [0.2, 0.25) is 0 Å². The van der Waals surface area contributed by atoms with Gasteiger partial charge >= 0.3 is 0 Å². The van der Waals surface area contributed by atoms with Crippen LogP contribution in [-0.4, -0.2) is 36.2 Å². The molecule has 0 saturated carbocycles. The molecule has 27 heavy (non-hydrogen) atoms. The minimum absolute atomic E-state index is 0.658. The van der Waals surface area contributed by atoms with Crippen molar-refractivity contribution in [2.45, 2.75) is 52.6 Å². The van der Waals surface area contributed by atoms with Crippen molar-refractivity contribution in [1.29, 1.82) is 0 Å². The van der Waals surface area contributed by atoms with E-state index < -0.39 is 0 Å². The fourth-order valence-electron chi connectivity index (χ4n) is 3.41. The number of aromatic nitrogens is 2. The van der Waals surface area contributed by atoms with E-state index in [-0.39, 0.29) is 0 Å². The Bertz CT molecular complexity index is 742. The molecular formula is C20H30N6O. The SMILES string of the molecule is CCc1noc(CC)c1CNC(=NC)NCc1ccnc(N2CCCC2)c1. The number of hydrogen-bond donors (Lipinski definition) is 2. The van der Waals surface area contributed by atoms with E-state index in [2.05, 4.69) is 50.6 Å². The Kier molecular flexibility index (Phi) is 6.68. The maximum absolute atomic E-state index is 5.43. The molecule has 0 unspecified atom stereocenters. The molecule has 1 aliphatic heterocycles. The molecule has 3 heterocycles. The second kappa shape index (κ2) is 9.39. The van der Waals surface area contributed by atoms with Crippen LogP contribution in [0.5, 0.6) is 0 Å². The van der Waals surface area contributed by atoms with Gasteiger partial charge in [-0.2, -0.15) is 0 Å². The van der Waals surface area contributed by atoms with Crippen LogP contribution in [0.15, 0.2) is 27.8 Å². The molecule has 0 bridgehead atoms. The van der Waals surface area contributed by atoms with E-state index in [0.29, 0.717) is 13.1 Å². The van der Waals surface area contributed by atoms with E-state index in [1.807, 2.05) is 12.3 Å². The lowest BCUT2D eigenvalue weighted by molar-refractivity contribution is 0.380. The number of guanidine groups is 1. The normalized spacial score (nSPS) is 14.6. The van der Waals surface area contributed by atoms with E-state index in [9.17, 15) is 0 Å². The summed E-state index contributed by atoms with van der Waals surface area (Å²) in [7, 11) is 1.78. The topological polar surface area (TPSA) is 78.6 Å². The summed E-state index contributed by atoms with van der Waals surface area (Å²) in [5.41, 5.74) is 3.35. The molecule has 1 fully saturated rings. The highest BCUT2D eigenvalue weighted by atomic mass is 16.5. The number of nitrogens with zero attached hydrogens (tertiary/aromatic N) is 4. The highest BCUT2D eigenvalue weighted by molar-refractivity contribution is 5.79. The molecule has 3 rings (SSSR count). The first-order chi connectivity index (χ1) is 13.2. The Balaban J connectivity index is 1.57. The highest BCUT2D eigenvalue weighted by Crippen LogP contribution is 2.18. The van der Waals surface area contributed by atoms with Crippen LogP contribution in [0, 0.1) is 0 Å². The van der Waals surface area contributed by atoms with Crippen LogP contribution in [0.1, 0.15) is 49.3 Å². The quantitative estimate of drug-likeness (QED) is 0.576. The smallest absolute Gasteiger partial charge is 0.191 e. The van der Waals surface area contributed by atoms with Gasteiger partial charge in [0.2, 0.25) is 0 Å². The predicted octanol–water partition coefficient (Wildman–Crippen LogP) is 2.66. The Morgan fingerprint density at radius 1 is 1.19 bits per heavy atom. The molecule has 2 N–H and O–H groups in total. The average molecular weight is 371 g/mol. The first kappa shape index (κ1) is 19.2. The molecule has 0 atom stereocenters. The second-order valence-corrected chi connectivity index (χ2v) is 6.73. The van der Waals surface area contributed by atoms with Gasteiger partial charge in [0.15, 0.2) is 5.96 Å². The lowest BCUT2D eigenvalue weighted by atomic mass is 10.1. The van der Waals surface area contributed by atoms with E-state index in [1.165, 1.54) is 18.4 Å². The zero-order valence-electron chi connectivity index (χ0n) is 16.6. The van der Waals surface area contributed by atoms with Gasteiger partial charge in [0.1, 0.15) is 11.6 Å². The summed E-state index contributed by atoms with van der Waals surface area (Å²) < 4.78 is 5.43. The maximum atomic E-state index is 5.43. The zero-order chi connectivity index (χ0) is 19.1. The molecule has 0 spiro atoms. The van der Waals surface area contributed by atoms with Crippen molar-refractivity contribution >= 4 is 11.8 Å². The number of aliphatic imine (C=N–C) groups is 1. The molecule has 146 valence electrons. The summed E-state index contributed by atoms with van der Waals surface area (Å²) in [6.45, 7) is 7.74. The molecule has 7 nitrogen and oxygen atoms in total. The van der Waals surface area contributed by atoms with Gasteiger partial charge in [0.05, 0.1) is 5.69 Å². The van der Waals surface area contributed by atoms with Crippen LogP contribution in [0.25, 0.3) is 0 Å². The van der Waals surface area contributed by atoms with Crippen molar-refractivity contribution in [3.05, 3.63) is 40.9 Å². The Morgan fingerprint density at radius 2 is 1.96 bits per heavy atom. The van der Waals surface area contributed by atoms with Crippen molar-refractivity contribution in [3.8, 4) is 0 Å².